The molecule has 4 nitrogen and oxygen atoms in total. The van der Waals surface area contributed by atoms with E-state index in [-0.39, 0.29) is 30.7 Å². The molecule has 0 aromatic heterocycles. The lowest BCUT2D eigenvalue weighted by atomic mass is 10.0. The average molecular weight is 276 g/mol. The summed E-state index contributed by atoms with van der Waals surface area (Å²) in [4.78, 5) is 0. The number of ether oxygens (including phenoxy) is 4. The molecule has 4 heteroatoms. The normalized spacial score (nSPS) is 36.0. The van der Waals surface area contributed by atoms with E-state index in [0.29, 0.717) is 6.61 Å². The van der Waals surface area contributed by atoms with Crippen LogP contribution in [0.4, 0.5) is 0 Å². The number of methoxy groups -OCH3 is 1. The molecule has 2 saturated heterocycles. The average Bonchev–Trinajstić information content (AvgIpc) is 2.87. The van der Waals surface area contributed by atoms with E-state index in [0.717, 1.165) is 12.0 Å². The molecule has 0 N–H and O–H groups in total. The van der Waals surface area contributed by atoms with Gasteiger partial charge in [0, 0.05) is 13.5 Å². The minimum Gasteiger partial charge on any atom is -0.379 e. The second kappa shape index (κ2) is 6.06. The van der Waals surface area contributed by atoms with E-state index in [1.807, 2.05) is 30.3 Å². The Morgan fingerprint density at radius 2 is 2.05 bits per heavy atom. The summed E-state index contributed by atoms with van der Waals surface area (Å²) in [5.74, 6) is 0. The van der Waals surface area contributed by atoms with Gasteiger partial charge in [-0.1, -0.05) is 36.4 Å². The van der Waals surface area contributed by atoms with Gasteiger partial charge in [-0.05, 0) is 5.56 Å². The molecule has 2 heterocycles. The maximum Gasteiger partial charge on any atom is 0.185 e. The van der Waals surface area contributed by atoms with Crippen LogP contribution in [-0.4, -0.2) is 37.8 Å². The van der Waals surface area contributed by atoms with E-state index in [4.69, 9.17) is 18.9 Å². The minimum absolute atomic E-state index is 0.0162. The lowest BCUT2D eigenvalue weighted by molar-refractivity contribution is -0.205. The molecule has 5 atom stereocenters. The Labute approximate surface area is 119 Å². The van der Waals surface area contributed by atoms with Crippen LogP contribution in [0.15, 0.2) is 43.0 Å². The van der Waals surface area contributed by atoms with Crippen molar-refractivity contribution in [2.45, 2.75) is 43.7 Å². The summed E-state index contributed by atoms with van der Waals surface area (Å²) >= 11 is 0. The molecule has 2 aliphatic heterocycles. The number of rotatable bonds is 5. The van der Waals surface area contributed by atoms with Crippen molar-refractivity contribution in [3.05, 3.63) is 48.6 Å². The molecule has 20 heavy (non-hydrogen) atoms. The van der Waals surface area contributed by atoms with Crippen molar-refractivity contribution >= 4 is 0 Å². The number of hydrogen-bond donors (Lipinski definition) is 0. The molecule has 0 radical (unpaired) electrons. The van der Waals surface area contributed by atoms with Crippen LogP contribution in [0, 0.1) is 0 Å². The first kappa shape index (κ1) is 13.8. The zero-order valence-corrected chi connectivity index (χ0v) is 11.6. The molecule has 1 aromatic rings. The molecule has 3 rings (SSSR count). The van der Waals surface area contributed by atoms with E-state index in [1.54, 1.807) is 13.2 Å². The van der Waals surface area contributed by atoms with Crippen molar-refractivity contribution < 1.29 is 18.9 Å². The minimum atomic E-state index is -0.321. The fourth-order valence-electron chi connectivity index (χ4n) is 2.79. The third-order valence-electron chi connectivity index (χ3n) is 3.88. The Morgan fingerprint density at radius 3 is 2.75 bits per heavy atom. The second-order valence-corrected chi connectivity index (χ2v) is 5.15. The Balaban J connectivity index is 1.64. The molecule has 0 amide bonds. The maximum absolute atomic E-state index is 5.96. The molecule has 2 bridgehead atoms. The molecular formula is C16H20O4. The molecule has 2 aliphatic rings. The molecule has 0 saturated carbocycles. The highest BCUT2D eigenvalue weighted by Gasteiger charge is 2.49. The van der Waals surface area contributed by atoms with E-state index in [1.165, 1.54) is 0 Å². The predicted octanol–water partition coefficient (Wildman–Crippen LogP) is 2.29. The zero-order chi connectivity index (χ0) is 13.9. The van der Waals surface area contributed by atoms with Crippen LogP contribution in [0.2, 0.25) is 0 Å². The van der Waals surface area contributed by atoms with Crippen LogP contribution in [0.3, 0.4) is 0 Å². The van der Waals surface area contributed by atoms with Gasteiger partial charge in [0.15, 0.2) is 6.29 Å². The quantitative estimate of drug-likeness (QED) is 0.773. The van der Waals surface area contributed by atoms with Gasteiger partial charge in [-0.3, -0.25) is 0 Å². The first-order valence-corrected chi connectivity index (χ1v) is 6.93. The summed E-state index contributed by atoms with van der Waals surface area (Å²) in [6.45, 7) is 4.34. The van der Waals surface area contributed by atoms with Crippen LogP contribution in [0.5, 0.6) is 0 Å². The smallest absolute Gasteiger partial charge is 0.185 e. The molecule has 108 valence electrons. The van der Waals surface area contributed by atoms with Crippen molar-refractivity contribution in [3.63, 3.8) is 0 Å². The van der Waals surface area contributed by atoms with Crippen molar-refractivity contribution in [1.82, 2.24) is 0 Å². The highest BCUT2D eigenvalue weighted by Crippen LogP contribution is 2.35. The summed E-state index contributed by atoms with van der Waals surface area (Å²) in [7, 11) is 1.70. The van der Waals surface area contributed by atoms with Crippen molar-refractivity contribution in [2.75, 3.05) is 7.11 Å². The summed E-state index contributed by atoms with van der Waals surface area (Å²) < 4.78 is 23.1. The highest BCUT2D eigenvalue weighted by molar-refractivity contribution is 5.13. The maximum atomic E-state index is 5.96. The summed E-state index contributed by atoms with van der Waals surface area (Å²) in [6, 6.07) is 10.1. The monoisotopic (exact) mass is 276 g/mol. The third-order valence-corrected chi connectivity index (χ3v) is 3.88. The number of hydrogen-bond acceptors (Lipinski definition) is 4. The van der Waals surface area contributed by atoms with E-state index >= 15 is 0 Å². The molecule has 0 unspecified atom stereocenters. The van der Waals surface area contributed by atoms with Gasteiger partial charge in [-0.25, -0.2) is 0 Å². The fraction of sp³-hybridized carbons (Fsp3) is 0.500. The summed E-state index contributed by atoms with van der Waals surface area (Å²) in [5.41, 5.74) is 1.14. The van der Waals surface area contributed by atoms with Gasteiger partial charge >= 0.3 is 0 Å². The SMILES string of the molecule is C=C[C@H]1O[C@@H]2O[C@H]1[C@@H](OC)C[C@H]2OCc1ccccc1. The van der Waals surface area contributed by atoms with Gasteiger partial charge in [0.2, 0.25) is 0 Å². The Bertz CT molecular complexity index is 447. The molecule has 0 spiro atoms. The van der Waals surface area contributed by atoms with Crippen molar-refractivity contribution in [2.24, 2.45) is 0 Å². The molecule has 0 aliphatic carbocycles. The summed E-state index contributed by atoms with van der Waals surface area (Å²) in [6.07, 6.45) is 1.92. The largest absolute Gasteiger partial charge is 0.379 e. The van der Waals surface area contributed by atoms with Gasteiger partial charge in [0.1, 0.15) is 18.3 Å². The Kier molecular flexibility index (Phi) is 4.17. The van der Waals surface area contributed by atoms with Crippen LogP contribution < -0.4 is 0 Å². The fourth-order valence-corrected chi connectivity index (χ4v) is 2.79. The second-order valence-electron chi connectivity index (χ2n) is 5.15. The van der Waals surface area contributed by atoms with Crippen LogP contribution in [0.25, 0.3) is 0 Å². The third kappa shape index (κ3) is 2.65. The first-order valence-electron chi connectivity index (χ1n) is 6.93. The van der Waals surface area contributed by atoms with Crippen LogP contribution in [0.1, 0.15) is 12.0 Å². The highest BCUT2D eigenvalue weighted by atomic mass is 16.8. The first-order chi connectivity index (χ1) is 9.81. The predicted molar refractivity (Wildman–Crippen MR) is 74.2 cm³/mol. The summed E-state index contributed by atoms with van der Waals surface area (Å²) in [5, 5.41) is 0. The van der Waals surface area contributed by atoms with Crippen molar-refractivity contribution in [3.8, 4) is 0 Å². The molecule has 2 fully saturated rings. The van der Waals surface area contributed by atoms with Gasteiger partial charge in [0.25, 0.3) is 0 Å². The van der Waals surface area contributed by atoms with Crippen LogP contribution >= 0.6 is 0 Å². The lowest BCUT2D eigenvalue weighted by Gasteiger charge is -2.33. The number of benzene rings is 1. The Morgan fingerprint density at radius 1 is 1.25 bits per heavy atom. The van der Waals surface area contributed by atoms with Gasteiger partial charge < -0.3 is 18.9 Å². The lowest BCUT2D eigenvalue weighted by Crippen LogP contribution is -2.45. The van der Waals surface area contributed by atoms with Gasteiger partial charge in [0.05, 0.1) is 12.7 Å². The zero-order valence-electron chi connectivity index (χ0n) is 11.6. The topological polar surface area (TPSA) is 36.9 Å². The van der Waals surface area contributed by atoms with Gasteiger partial charge in [-0.2, -0.15) is 0 Å². The van der Waals surface area contributed by atoms with Crippen molar-refractivity contribution in [1.29, 1.82) is 0 Å². The Hall–Kier alpha value is -1.20. The van der Waals surface area contributed by atoms with Crippen LogP contribution in [-0.2, 0) is 25.6 Å². The van der Waals surface area contributed by atoms with E-state index < -0.39 is 0 Å². The molecular weight excluding hydrogens is 256 g/mol. The van der Waals surface area contributed by atoms with E-state index in [9.17, 15) is 0 Å². The standard InChI is InChI=1S/C16H20O4/c1-3-12-15-13(17-2)9-14(16(19-12)20-15)18-10-11-7-5-4-6-8-11/h3-8,12-16H,1,9-10H2,2H3/t12-,13+,14-,15-,16-/m1/s1. The van der Waals surface area contributed by atoms with E-state index in [2.05, 4.69) is 6.58 Å². The molecule has 1 aromatic carbocycles. The van der Waals surface area contributed by atoms with Gasteiger partial charge in [-0.15, -0.1) is 6.58 Å². The number of fused-ring (bicyclic) bond motifs is 2.